The number of para-hydroxylation sites is 1. The smallest absolute Gasteiger partial charge is 0.145 e. The first-order chi connectivity index (χ1) is 14.3. The Labute approximate surface area is 170 Å². The third kappa shape index (κ3) is 5.13. The second-order valence-electron chi connectivity index (χ2n) is 6.84. The summed E-state index contributed by atoms with van der Waals surface area (Å²) in [5.41, 5.74) is 0.948. The van der Waals surface area contributed by atoms with Crippen molar-refractivity contribution in [3.8, 4) is 11.5 Å². The number of nitrogens with zero attached hydrogens (tertiary/aromatic N) is 3. The number of anilines is 1. The van der Waals surface area contributed by atoms with Gasteiger partial charge >= 0.3 is 0 Å². The highest BCUT2D eigenvalue weighted by molar-refractivity contribution is 5.88. The predicted octanol–water partition coefficient (Wildman–Crippen LogP) is 2.96. The molecule has 0 amide bonds. The molecule has 1 saturated heterocycles. The van der Waals surface area contributed by atoms with Gasteiger partial charge < -0.3 is 19.5 Å². The van der Waals surface area contributed by atoms with E-state index in [-0.39, 0.29) is 0 Å². The van der Waals surface area contributed by atoms with Gasteiger partial charge in [-0.3, -0.25) is 4.90 Å². The molecule has 1 fully saturated rings. The Hall–Kier alpha value is -2.90. The maximum atomic E-state index is 5.81. The van der Waals surface area contributed by atoms with E-state index >= 15 is 0 Å². The Kier molecular flexibility index (Phi) is 6.38. The maximum Gasteiger partial charge on any atom is 0.145 e. The molecule has 0 atom stereocenters. The van der Waals surface area contributed by atoms with Crippen LogP contribution in [0.4, 0.5) is 5.82 Å². The van der Waals surface area contributed by atoms with Gasteiger partial charge in [0.15, 0.2) is 0 Å². The number of ether oxygens (including phenoxy) is 3. The summed E-state index contributed by atoms with van der Waals surface area (Å²) in [5, 5.41) is 4.43. The predicted molar refractivity (Wildman–Crippen MR) is 113 cm³/mol. The van der Waals surface area contributed by atoms with Gasteiger partial charge in [-0.15, -0.1) is 0 Å². The van der Waals surface area contributed by atoms with Crippen molar-refractivity contribution in [2.45, 2.75) is 6.54 Å². The van der Waals surface area contributed by atoms with Crippen molar-refractivity contribution in [3.05, 3.63) is 54.4 Å². The number of morpholine rings is 1. The van der Waals surface area contributed by atoms with Crippen LogP contribution in [-0.2, 0) is 11.3 Å². The zero-order valence-corrected chi connectivity index (χ0v) is 16.6. The molecule has 1 aliphatic rings. The van der Waals surface area contributed by atoms with Crippen LogP contribution in [0.1, 0.15) is 5.82 Å². The largest absolute Gasteiger partial charge is 0.497 e. The third-order valence-corrected chi connectivity index (χ3v) is 4.84. The lowest BCUT2D eigenvalue weighted by atomic mass is 10.2. The van der Waals surface area contributed by atoms with Crippen LogP contribution < -0.4 is 14.8 Å². The van der Waals surface area contributed by atoms with E-state index in [2.05, 4.69) is 10.2 Å². The van der Waals surface area contributed by atoms with E-state index in [1.165, 1.54) is 0 Å². The van der Waals surface area contributed by atoms with Gasteiger partial charge in [0.2, 0.25) is 0 Å². The van der Waals surface area contributed by atoms with E-state index < -0.39 is 0 Å². The number of rotatable bonds is 8. The van der Waals surface area contributed by atoms with Crippen LogP contribution in [-0.4, -0.2) is 61.4 Å². The van der Waals surface area contributed by atoms with Crippen LogP contribution in [0.2, 0.25) is 0 Å². The molecule has 0 spiro atoms. The summed E-state index contributed by atoms with van der Waals surface area (Å²) >= 11 is 0. The number of methoxy groups -OCH3 is 1. The van der Waals surface area contributed by atoms with Crippen LogP contribution >= 0.6 is 0 Å². The molecule has 0 unspecified atom stereocenters. The van der Waals surface area contributed by atoms with Gasteiger partial charge in [0, 0.05) is 18.5 Å². The zero-order chi connectivity index (χ0) is 19.9. The first-order valence-electron chi connectivity index (χ1n) is 9.88. The summed E-state index contributed by atoms with van der Waals surface area (Å²) in [4.78, 5) is 11.9. The zero-order valence-electron chi connectivity index (χ0n) is 16.6. The van der Waals surface area contributed by atoms with Crippen molar-refractivity contribution in [2.24, 2.45) is 0 Å². The highest BCUT2D eigenvalue weighted by atomic mass is 16.5. The average molecular weight is 394 g/mol. The minimum absolute atomic E-state index is 0.531. The van der Waals surface area contributed by atoms with E-state index in [1.54, 1.807) is 7.11 Å². The molecule has 1 aromatic heterocycles. The van der Waals surface area contributed by atoms with Gasteiger partial charge in [0.25, 0.3) is 0 Å². The third-order valence-electron chi connectivity index (χ3n) is 4.84. The van der Waals surface area contributed by atoms with Crippen molar-refractivity contribution >= 4 is 16.7 Å². The highest BCUT2D eigenvalue weighted by Crippen LogP contribution is 2.21. The number of nitrogens with one attached hydrogen (secondary N) is 1. The Balaban J connectivity index is 1.40. The fourth-order valence-corrected chi connectivity index (χ4v) is 3.30. The summed E-state index contributed by atoms with van der Waals surface area (Å²) in [5.74, 6) is 3.30. The number of hydrogen-bond donors (Lipinski definition) is 1. The molecule has 7 nitrogen and oxygen atoms in total. The average Bonchev–Trinajstić information content (AvgIpc) is 2.78. The molecule has 29 heavy (non-hydrogen) atoms. The van der Waals surface area contributed by atoms with Crippen molar-refractivity contribution in [2.75, 3.05) is 51.9 Å². The quantitative estimate of drug-likeness (QED) is 0.589. The molecule has 3 aromatic rings. The number of fused-ring (bicyclic) bond motifs is 1. The van der Waals surface area contributed by atoms with Crippen LogP contribution in [0.15, 0.2) is 48.5 Å². The lowest BCUT2D eigenvalue weighted by Gasteiger charge is -2.26. The van der Waals surface area contributed by atoms with Crippen LogP contribution in [0.25, 0.3) is 10.9 Å². The van der Waals surface area contributed by atoms with E-state index in [9.17, 15) is 0 Å². The van der Waals surface area contributed by atoms with E-state index in [0.29, 0.717) is 13.2 Å². The first kappa shape index (κ1) is 19.4. The Morgan fingerprint density at radius 3 is 2.55 bits per heavy atom. The standard InChI is InChI=1S/C22H26N4O3/c1-27-17-6-8-18(9-7-17)29-13-10-23-22-19-4-2-3-5-20(19)24-21(25-22)16-26-11-14-28-15-12-26/h2-9H,10-16H2,1H3,(H,23,24,25). The molecule has 0 bridgehead atoms. The normalized spacial score (nSPS) is 14.7. The fourth-order valence-electron chi connectivity index (χ4n) is 3.30. The van der Waals surface area contributed by atoms with Crippen LogP contribution in [0.3, 0.4) is 0 Å². The molecular formula is C22H26N4O3. The highest BCUT2D eigenvalue weighted by Gasteiger charge is 2.14. The molecule has 7 heteroatoms. The maximum absolute atomic E-state index is 5.81. The number of benzene rings is 2. The molecule has 0 saturated carbocycles. The lowest BCUT2D eigenvalue weighted by Crippen LogP contribution is -2.36. The van der Waals surface area contributed by atoms with E-state index in [1.807, 2.05) is 48.5 Å². The second kappa shape index (κ2) is 9.54. The number of aromatic nitrogens is 2. The molecule has 1 aliphatic heterocycles. The number of hydrogen-bond acceptors (Lipinski definition) is 7. The van der Waals surface area contributed by atoms with Crippen molar-refractivity contribution in [3.63, 3.8) is 0 Å². The Morgan fingerprint density at radius 1 is 1.00 bits per heavy atom. The van der Waals surface area contributed by atoms with Crippen molar-refractivity contribution in [1.29, 1.82) is 0 Å². The van der Waals surface area contributed by atoms with Crippen molar-refractivity contribution in [1.82, 2.24) is 14.9 Å². The van der Waals surface area contributed by atoms with Gasteiger partial charge in [-0.2, -0.15) is 0 Å². The summed E-state index contributed by atoms with van der Waals surface area (Å²) in [6.07, 6.45) is 0. The van der Waals surface area contributed by atoms with E-state index in [0.717, 1.165) is 66.9 Å². The fraction of sp³-hybridized carbons (Fsp3) is 0.364. The summed E-state index contributed by atoms with van der Waals surface area (Å²) < 4.78 is 16.4. The molecule has 2 aromatic carbocycles. The van der Waals surface area contributed by atoms with Crippen LogP contribution in [0, 0.1) is 0 Å². The molecule has 0 radical (unpaired) electrons. The minimum Gasteiger partial charge on any atom is -0.497 e. The molecule has 4 rings (SSSR count). The van der Waals surface area contributed by atoms with Crippen molar-refractivity contribution < 1.29 is 14.2 Å². The topological polar surface area (TPSA) is 68.7 Å². The summed E-state index contributed by atoms with van der Waals surface area (Å²) in [6.45, 7) is 5.25. The summed E-state index contributed by atoms with van der Waals surface area (Å²) in [7, 11) is 1.65. The van der Waals surface area contributed by atoms with Gasteiger partial charge in [-0.1, -0.05) is 12.1 Å². The Morgan fingerprint density at radius 2 is 1.76 bits per heavy atom. The molecular weight excluding hydrogens is 368 g/mol. The lowest BCUT2D eigenvalue weighted by molar-refractivity contribution is 0.0331. The van der Waals surface area contributed by atoms with E-state index in [4.69, 9.17) is 24.2 Å². The van der Waals surface area contributed by atoms with Gasteiger partial charge in [-0.05, 0) is 36.4 Å². The SMILES string of the molecule is COc1ccc(OCCNc2nc(CN3CCOCC3)nc3ccccc23)cc1. The van der Waals surface area contributed by atoms with Gasteiger partial charge in [0.1, 0.15) is 29.7 Å². The van der Waals surface area contributed by atoms with Gasteiger partial charge in [-0.25, -0.2) is 9.97 Å². The minimum atomic E-state index is 0.531. The monoisotopic (exact) mass is 394 g/mol. The second-order valence-corrected chi connectivity index (χ2v) is 6.84. The Bertz CT molecular complexity index is 927. The molecule has 1 N–H and O–H groups in total. The first-order valence-corrected chi connectivity index (χ1v) is 9.88. The van der Waals surface area contributed by atoms with Crippen LogP contribution in [0.5, 0.6) is 11.5 Å². The summed E-state index contributed by atoms with van der Waals surface area (Å²) in [6, 6.07) is 15.7. The molecule has 152 valence electrons. The van der Waals surface area contributed by atoms with Gasteiger partial charge in [0.05, 0.1) is 38.9 Å². The molecule has 0 aliphatic carbocycles. The molecule has 2 heterocycles.